The number of rotatable bonds is 3. The van der Waals surface area contributed by atoms with Crippen LogP contribution in [0.2, 0.25) is 0 Å². The van der Waals surface area contributed by atoms with Crippen LogP contribution in [0.1, 0.15) is 43.0 Å². The highest BCUT2D eigenvalue weighted by molar-refractivity contribution is 7.85. The van der Waals surface area contributed by atoms with Crippen LogP contribution in [0.4, 0.5) is 5.82 Å². The highest BCUT2D eigenvalue weighted by Gasteiger charge is 2.21. The lowest BCUT2D eigenvalue weighted by atomic mass is 10.0. The van der Waals surface area contributed by atoms with Gasteiger partial charge in [-0.3, -0.25) is 9.00 Å². The molecular formula is C17H25N3O2S. The van der Waals surface area contributed by atoms with E-state index in [0.29, 0.717) is 23.0 Å². The molecule has 126 valence electrons. The highest BCUT2D eigenvalue weighted by Crippen LogP contribution is 2.22. The van der Waals surface area contributed by atoms with Crippen molar-refractivity contribution in [3.63, 3.8) is 0 Å². The lowest BCUT2D eigenvalue weighted by Gasteiger charge is -2.32. The standard InChI is InChI=1S/C17H25N3O2S/c1-13-3-2-8-20(12-13)16-11-14(4-7-18-16)17(21)19-15-5-9-23(22)10-6-15/h4,7,11,13,15H,2-3,5-6,8-10,12H2,1H3,(H,19,21). The molecule has 2 aliphatic heterocycles. The fourth-order valence-electron chi connectivity index (χ4n) is 3.34. The summed E-state index contributed by atoms with van der Waals surface area (Å²) in [6.07, 6.45) is 5.78. The van der Waals surface area contributed by atoms with E-state index in [9.17, 15) is 9.00 Å². The molecule has 1 atom stereocenters. The van der Waals surface area contributed by atoms with E-state index in [1.807, 2.05) is 6.07 Å². The normalized spacial score (nSPS) is 28.4. The lowest BCUT2D eigenvalue weighted by Crippen LogP contribution is -2.39. The first-order valence-electron chi connectivity index (χ1n) is 8.48. The number of carbonyl (C=O) groups is 1. The highest BCUT2D eigenvalue weighted by atomic mass is 32.2. The van der Waals surface area contributed by atoms with E-state index >= 15 is 0 Å². The maximum absolute atomic E-state index is 12.5. The number of nitrogens with one attached hydrogen (secondary N) is 1. The molecule has 0 radical (unpaired) electrons. The molecule has 0 spiro atoms. The first-order chi connectivity index (χ1) is 11.1. The van der Waals surface area contributed by atoms with E-state index in [2.05, 4.69) is 22.1 Å². The van der Waals surface area contributed by atoms with Crippen LogP contribution in [0.25, 0.3) is 0 Å². The minimum atomic E-state index is -0.699. The number of nitrogens with zero attached hydrogens (tertiary/aromatic N) is 2. The van der Waals surface area contributed by atoms with Crippen molar-refractivity contribution in [2.75, 3.05) is 29.5 Å². The number of anilines is 1. The molecule has 2 saturated heterocycles. The third-order valence-electron chi connectivity index (χ3n) is 4.71. The molecule has 0 bridgehead atoms. The SMILES string of the molecule is CC1CCCN(c2cc(C(=O)NC3CCS(=O)CC3)ccn2)C1. The number of amides is 1. The Labute approximate surface area is 140 Å². The zero-order valence-corrected chi connectivity index (χ0v) is 14.5. The van der Waals surface area contributed by atoms with Crippen LogP contribution in [-0.4, -0.2) is 45.7 Å². The summed E-state index contributed by atoms with van der Waals surface area (Å²) in [6.45, 7) is 4.28. The molecule has 2 fully saturated rings. The van der Waals surface area contributed by atoms with Gasteiger partial charge in [0, 0.05) is 53.2 Å². The zero-order chi connectivity index (χ0) is 16.2. The van der Waals surface area contributed by atoms with Crippen molar-refractivity contribution < 1.29 is 9.00 Å². The summed E-state index contributed by atoms with van der Waals surface area (Å²) < 4.78 is 11.4. The van der Waals surface area contributed by atoms with Crippen LogP contribution >= 0.6 is 0 Å². The number of hydrogen-bond donors (Lipinski definition) is 1. The van der Waals surface area contributed by atoms with Crippen LogP contribution in [0.5, 0.6) is 0 Å². The summed E-state index contributed by atoms with van der Waals surface area (Å²) in [5, 5.41) is 3.07. The average molecular weight is 335 g/mol. The van der Waals surface area contributed by atoms with E-state index in [-0.39, 0.29) is 11.9 Å². The molecule has 1 N–H and O–H groups in total. The second kappa shape index (κ2) is 7.43. The number of hydrogen-bond acceptors (Lipinski definition) is 4. The zero-order valence-electron chi connectivity index (χ0n) is 13.7. The van der Waals surface area contributed by atoms with E-state index in [1.165, 1.54) is 12.8 Å². The third-order valence-corrected chi connectivity index (χ3v) is 6.09. The van der Waals surface area contributed by atoms with E-state index in [4.69, 9.17) is 0 Å². The van der Waals surface area contributed by atoms with Crippen LogP contribution in [0.3, 0.4) is 0 Å². The third kappa shape index (κ3) is 4.31. The quantitative estimate of drug-likeness (QED) is 0.917. The molecule has 0 saturated carbocycles. The molecule has 3 heterocycles. The minimum absolute atomic E-state index is 0.0450. The first kappa shape index (κ1) is 16.4. The number of aromatic nitrogens is 1. The summed E-state index contributed by atoms with van der Waals surface area (Å²) in [7, 11) is -0.699. The van der Waals surface area contributed by atoms with E-state index < -0.39 is 10.8 Å². The molecule has 1 amide bonds. The van der Waals surface area contributed by atoms with Crippen molar-refractivity contribution >= 4 is 22.5 Å². The predicted molar refractivity (Wildman–Crippen MR) is 93.2 cm³/mol. The number of piperidine rings is 1. The molecule has 1 aromatic heterocycles. The Morgan fingerprint density at radius 3 is 2.87 bits per heavy atom. The molecule has 23 heavy (non-hydrogen) atoms. The Balaban J connectivity index is 1.64. The monoisotopic (exact) mass is 335 g/mol. The smallest absolute Gasteiger partial charge is 0.251 e. The molecule has 1 unspecified atom stereocenters. The molecular weight excluding hydrogens is 310 g/mol. The van der Waals surface area contributed by atoms with Gasteiger partial charge in [-0.2, -0.15) is 0 Å². The molecule has 6 heteroatoms. The molecule has 0 aromatic carbocycles. The Hall–Kier alpha value is -1.43. The van der Waals surface area contributed by atoms with Gasteiger partial charge in [0.15, 0.2) is 0 Å². The fourth-order valence-corrected chi connectivity index (χ4v) is 4.64. The van der Waals surface area contributed by atoms with Crippen molar-refractivity contribution in [2.45, 2.75) is 38.6 Å². The number of carbonyl (C=O) groups excluding carboxylic acids is 1. The van der Waals surface area contributed by atoms with Gasteiger partial charge in [0.1, 0.15) is 5.82 Å². The van der Waals surface area contributed by atoms with Crippen LogP contribution in [0, 0.1) is 5.92 Å². The van der Waals surface area contributed by atoms with Crippen LogP contribution in [0.15, 0.2) is 18.3 Å². The summed E-state index contributed by atoms with van der Waals surface area (Å²) in [5.74, 6) is 2.91. The largest absolute Gasteiger partial charge is 0.356 e. The van der Waals surface area contributed by atoms with Crippen molar-refractivity contribution in [2.24, 2.45) is 5.92 Å². The maximum atomic E-state index is 12.5. The second-order valence-electron chi connectivity index (χ2n) is 6.69. The van der Waals surface area contributed by atoms with Crippen molar-refractivity contribution in [3.05, 3.63) is 23.9 Å². The first-order valence-corrected chi connectivity index (χ1v) is 9.97. The van der Waals surface area contributed by atoms with Gasteiger partial charge in [-0.05, 0) is 43.7 Å². The van der Waals surface area contributed by atoms with Crippen molar-refractivity contribution in [1.29, 1.82) is 0 Å². The Morgan fingerprint density at radius 1 is 1.35 bits per heavy atom. The van der Waals surface area contributed by atoms with Gasteiger partial charge in [0.25, 0.3) is 5.91 Å². The van der Waals surface area contributed by atoms with E-state index in [1.54, 1.807) is 12.3 Å². The minimum Gasteiger partial charge on any atom is -0.356 e. The van der Waals surface area contributed by atoms with Crippen LogP contribution < -0.4 is 10.2 Å². The predicted octanol–water partition coefficient (Wildman–Crippen LogP) is 1.96. The molecule has 2 aliphatic rings. The Kier molecular flexibility index (Phi) is 5.30. The van der Waals surface area contributed by atoms with Crippen LogP contribution in [-0.2, 0) is 10.8 Å². The fraction of sp³-hybridized carbons (Fsp3) is 0.647. The molecule has 1 aromatic rings. The molecule has 5 nitrogen and oxygen atoms in total. The Bertz CT molecular complexity index is 583. The Morgan fingerprint density at radius 2 is 2.13 bits per heavy atom. The van der Waals surface area contributed by atoms with Gasteiger partial charge in [0.05, 0.1) is 0 Å². The van der Waals surface area contributed by atoms with Gasteiger partial charge in [-0.25, -0.2) is 4.98 Å². The summed E-state index contributed by atoms with van der Waals surface area (Å²) >= 11 is 0. The van der Waals surface area contributed by atoms with Gasteiger partial charge >= 0.3 is 0 Å². The number of pyridine rings is 1. The van der Waals surface area contributed by atoms with Crippen molar-refractivity contribution in [1.82, 2.24) is 10.3 Å². The molecule has 3 rings (SSSR count). The lowest BCUT2D eigenvalue weighted by molar-refractivity contribution is 0.0934. The second-order valence-corrected chi connectivity index (χ2v) is 8.39. The van der Waals surface area contributed by atoms with Crippen molar-refractivity contribution in [3.8, 4) is 0 Å². The summed E-state index contributed by atoms with van der Waals surface area (Å²) in [4.78, 5) is 19.2. The van der Waals surface area contributed by atoms with Gasteiger partial charge < -0.3 is 10.2 Å². The van der Waals surface area contributed by atoms with E-state index in [0.717, 1.165) is 31.7 Å². The topological polar surface area (TPSA) is 62.3 Å². The summed E-state index contributed by atoms with van der Waals surface area (Å²) in [5.41, 5.74) is 0.667. The van der Waals surface area contributed by atoms with Gasteiger partial charge in [-0.15, -0.1) is 0 Å². The molecule has 0 aliphatic carbocycles. The van der Waals surface area contributed by atoms with Gasteiger partial charge in [-0.1, -0.05) is 6.92 Å². The summed E-state index contributed by atoms with van der Waals surface area (Å²) in [6, 6.07) is 3.81. The average Bonchev–Trinajstić information content (AvgIpc) is 2.57. The van der Waals surface area contributed by atoms with Gasteiger partial charge in [0.2, 0.25) is 0 Å². The maximum Gasteiger partial charge on any atom is 0.251 e.